The van der Waals surface area contributed by atoms with Crippen LogP contribution in [-0.4, -0.2) is 23.8 Å². The number of hydrogen-bond acceptors (Lipinski definition) is 2. The van der Waals surface area contributed by atoms with Crippen molar-refractivity contribution in [2.75, 3.05) is 13.1 Å². The van der Waals surface area contributed by atoms with Gasteiger partial charge in [-0.25, -0.2) is 0 Å². The van der Waals surface area contributed by atoms with Crippen molar-refractivity contribution in [1.29, 1.82) is 0 Å². The second kappa shape index (κ2) is 6.48. The van der Waals surface area contributed by atoms with Gasteiger partial charge in [-0.05, 0) is 105 Å². The van der Waals surface area contributed by atoms with Gasteiger partial charge in [-0.3, -0.25) is 0 Å². The molecule has 0 aromatic carbocycles. The van der Waals surface area contributed by atoms with Crippen LogP contribution >= 0.6 is 0 Å². The normalized spacial score (nSPS) is 51.8. The van der Waals surface area contributed by atoms with E-state index in [4.69, 9.17) is 0 Å². The Balaban J connectivity index is 1.64. The lowest BCUT2D eigenvalue weighted by molar-refractivity contribution is -0.0702. The van der Waals surface area contributed by atoms with Gasteiger partial charge in [-0.15, -0.1) is 0 Å². The van der Waals surface area contributed by atoms with E-state index in [-0.39, 0.29) is 5.41 Å². The number of rotatable bonds is 1. The second-order valence-corrected chi connectivity index (χ2v) is 12.2. The molecule has 0 aromatic rings. The van der Waals surface area contributed by atoms with Gasteiger partial charge in [0.1, 0.15) is 0 Å². The van der Waals surface area contributed by atoms with Crippen LogP contribution in [0.3, 0.4) is 0 Å². The van der Waals surface area contributed by atoms with Crippen molar-refractivity contribution in [3.8, 4) is 0 Å². The van der Waals surface area contributed by atoms with Crippen LogP contribution in [-0.2, 0) is 0 Å². The monoisotopic (exact) mass is 361 g/mol. The van der Waals surface area contributed by atoms with Gasteiger partial charge in [0.05, 0.1) is 5.60 Å². The highest BCUT2D eigenvalue weighted by Crippen LogP contribution is 2.62. The van der Waals surface area contributed by atoms with Crippen molar-refractivity contribution in [3.63, 3.8) is 0 Å². The van der Waals surface area contributed by atoms with E-state index in [1.807, 2.05) is 0 Å². The van der Waals surface area contributed by atoms with Crippen molar-refractivity contribution < 1.29 is 5.11 Å². The van der Waals surface area contributed by atoms with Gasteiger partial charge >= 0.3 is 0 Å². The maximum atomic E-state index is 11.9. The molecular formula is C24H43NO. The zero-order valence-corrected chi connectivity index (χ0v) is 17.9. The van der Waals surface area contributed by atoms with E-state index in [0.717, 1.165) is 37.8 Å². The van der Waals surface area contributed by atoms with E-state index in [0.29, 0.717) is 16.7 Å². The molecule has 0 spiro atoms. The first-order valence-corrected chi connectivity index (χ1v) is 11.6. The van der Waals surface area contributed by atoms with E-state index in [2.05, 4.69) is 33.0 Å². The Bertz CT molecular complexity index is 530. The third kappa shape index (κ3) is 3.39. The molecule has 1 heterocycles. The van der Waals surface area contributed by atoms with Crippen LogP contribution in [0.4, 0.5) is 0 Å². The van der Waals surface area contributed by atoms with E-state index < -0.39 is 5.60 Å². The first-order chi connectivity index (χ1) is 12.1. The Kier molecular flexibility index (Phi) is 4.79. The Hall–Kier alpha value is -0.0800. The lowest BCUT2D eigenvalue weighted by Crippen LogP contribution is -2.44. The van der Waals surface area contributed by atoms with Gasteiger partial charge in [0.25, 0.3) is 0 Å². The fourth-order valence-electron chi connectivity index (χ4n) is 8.10. The van der Waals surface area contributed by atoms with Gasteiger partial charge in [0.2, 0.25) is 0 Å². The molecule has 6 atom stereocenters. The lowest BCUT2D eigenvalue weighted by atomic mass is 9.57. The van der Waals surface area contributed by atoms with Crippen LogP contribution in [0, 0.1) is 34.0 Å². The Morgan fingerprint density at radius 3 is 2.12 bits per heavy atom. The highest BCUT2D eigenvalue weighted by Gasteiger charge is 2.53. The Morgan fingerprint density at radius 1 is 0.769 bits per heavy atom. The summed E-state index contributed by atoms with van der Waals surface area (Å²) in [6.07, 6.45) is 14.5. The molecule has 4 aliphatic rings. The predicted molar refractivity (Wildman–Crippen MR) is 109 cm³/mol. The molecule has 4 rings (SSSR count). The van der Waals surface area contributed by atoms with Crippen molar-refractivity contribution in [3.05, 3.63) is 0 Å². The molecule has 26 heavy (non-hydrogen) atoms. The van der Waals surface area contributed by atoms with Crippen LogP contribution in [0.25, 0.3) is 0 Å². The molecule has 6 unspecified atom stereocenters. The minimum atomic E-state index is -0.456. The number of hydrogen-bond donors (Lipinski definition) is 2. The first kappa shape index (κ1) is 19.2. The minimum Gasteiger partial charge on any atom is -0.390 e. The zero-order valence-electron chi connectivity index (χ0n) is 17.9. The molecule has 4 bridgehead atoms. The molecule has 0 amide bonds. The zero-order chi connectivity index (χ0) is 18.6. The molecule has 2 N–H and O–H groups in total. The number of aliphatic hydroxyl groups is 1. The van der Waals surface area contributed by atoms with Crippen LogP contribution in [0.15, 0.2) is 0 Å². The topological polar surface area (TPSA) is 32.3 Å². The second-order valence-electron chi connectivity index (χ2n) is 12.2. The summed E-state index contributed by atoms with van der Waals surface area (Å²) in [7, 11) is 0. The summed E-state index contributed by atoms with van der Waals surface area (Å²) in [4.78, 5) is 0. The summed E-state index contributed by atoms with van der Waals surface area (Å²) >= 11 is 0. The van der Waals surface area contributed by atoms with Crippen molar-refractivity contribution >= 4 is 0 Å². The maximum Gasteiger partial charge on any atom is 0.0693 e. The van der Waals surface area contributed by atoms with E-state index in [1.54, 1.807) is 0 Å². The highest BCUT2D eigenvalue weighted by molar-refractivity contribution is 5.04. The van der Waals surface area contributed by atoms with Crippen LogP contribution in [0.2, 0.25) is 0 Å². The smallest absolute Gasteiger partial charge is 0.0693 e. The molecule has 3 aliphatic carbocycles. The average Bonchev–Trinajstić information content (AvgIpc) is 2.66. The van der Waals surface area contributed by atoms with Crippen molar-refractivity contribution in [2.45, 2.75) is 104 Å². The molecule has 1 saturated heterocycles. The van der Waals surface area contributed by atoms with Gasteiger partial charge in [0.15, 0.2) is 0 Å². The van der Waals surface area contributed by atoms with Crippen molar-refractivity contribution in [1.82, 2.24) is 5.32 Å². The molecule has 0 radical (unpaired) electrons. The molecule has 2 nitrogen and oxygen atoms in total. The quantitative estimate of drug-likeness (QED) is 0.642. The largest absolute Gasteiger partial charge is 0.390 e. The predicted octanol–water partition coefficient (Wildman–Crippen LogP) is 5.54. The SMILES string of the molecule is CC1(C)CNCCC(O)(C2CCC3CCC(C2)C2(C)CCCC3(C)C2)C1. The third-order valence-electron chi connectivity index (χ3n) is 9.45. The summed E-state index contributed by atoms with van der Waals surface area (Å²) in [6.45, 7) is 11.9. The molecule has 1 aliphatic heterocycles. The average molecular weight is 362 g/mol. The van der Waals surface area contributed by atoms with Gasteiger partial charge in [0, 0.05) is 6.54 Å². The van der Waals surface area contributed by atoms with Crippen LogP contribution in [0.5, 0.6) is 0 Å². The van der Waals surface area contributed by atoms with E-state index in [9.17, 15) is 5.11 Å². The van der Waals surface area contributed by atoms with Crippen molar-refractivity contribution in [2.24, 2.45) is 34.0 Å². The number of fused-ring (bicyclic) bond motifs is 7. The summed E-state index contributed by atoms with van der Waals surface area (Å²) < 4.78 is 0. The van der Waals surface area contributed by atoms with Gasteiger partial charge < -0.3 is 10.4 Å². The van der Waals surface area contributed by atoms with E-state index >= 15 is 0 Å². The summed E-state index contributed by atoms with van der Waals surface area (Å²) in [5.74, 6) is 2.24. The van der Waals surface area contributed by atoms with Gasteiger partial charge in [-0.1, -0.05) is 34.1 Å². The Morgan fingerprint density at radius 2 is 1.38 bits per heavy atom. The van der Waals surface area contributed by atoms with Crippen LogP contribution < -0.4 is 5.32 Å². The molecule has 4 fully saturated rings. The maximum absolute atomic E-state index is 11.9. The molecular weight excluding hydrogens is 318 g/mol. The standard InChI is InChI=1S/C24H43NO/c1-21(2)15-24(26,12-13-25-17-21)20-9-7-18-6-8-19(14-20)23(4)11-5-10-22(18,3)16-23/h18-20,25-26H,5-17H2,1-4H3. The fourth-order valence-corrected chi connectivity index (χ4v) is 8.10. The van der Waals surface area contributed by atoms with Gasteiger partial charge in [-0.2, -0.15) is 0 Å². The molecule has 150 valence electrons. The molecule has 2 heteroatoms. The molecule has 0 aromatic heterocycles. The van der Waals surface area contributed by atoms with E-state index in [1.165, 1.54) is 57.8 Å². The minimum absolute atomic E-state index is 0.203. The van der Waals surface area contributed by atoms with Crippen LogP contribution in [0.1, 0.15) is 98.3 Å². The summed E-state index contributed by atoms with van der Waals surface area (Å²) in [5.41, 5.74) is 0.847. The molecule has 3 saturated carbocycles. The third-order valence-corrected chi connectivity index (χ3v) is 9.45. The Labute approximate surface area is 161 Å². The fraction of sp³-hybridized carbons (Fsp3) is 1.00. The highest BCUT2D eigenvalue weighted by atomic mass is 16.3. The first-order valence-electron chi connectivity index (χ1n) is 11.6. The number of nitrogens with one attached hydrogen (secondary N) is 1. The summed E-state index contributed by atoms with van der Waals surface area (Å²) in [5, 5.41) is 15.5. The lowest BCUT2D eigenvalue weighted by Gasteiger charge is -2.48. The summed E-state index contributed by atoms with van der Waals surface area (Å²) in [6, 6.07) is 0.